The third-order valence-corrected chi connectivity index (χ3v) is 3.30. The summed E-state index contributed by atoms with van der Waals surface area (Å²) in [5.41, 5.74) is 2.50. The summed E-state index contributed by atoms with van der Waals surface area (Å²) in [5.74, 6) is -0.0538. The van der Waals surface area contributed by atoms with Gasteiger partial charge in [0.05, 0.1) is 6.54 Å². The summed E-state index contributed by atoms with van der Waals surface area (Å²) in [6.07, 6.45) is 2.51. The molecular weight excluding hydrogens is 276 g/mol. The largest absolute Gasteiger partial charge is 0.334 e. The summed E-state index contributed by atoms with van der Waals surface area (Å²) in [6.45, 7) is 1.18. The molecule has 1 aromatic carbocycles. The maximum atomic E-state index is 12.8. The monoisotopic (exact) mass is 293 g/mol. The van der Waals surface area contributed by atoms with E-state index < -0.39 is 6.55 Å². The van der Waals surface area contributed by atoms with Crippen LogP contribution in [0.2, 0.25) is 0 Å². The molecule has 0 radical (unpaired) electrons. The van der Waals surface area contributed by atoms with E-state index in [1.54, 1.807) is 13.1 Å². The van der Waals surface area contributed by atoms with Crippen molar-refractivity contribution in [3.8, 4) is 0 Å². The lowest BCUT2D eigenvalue weighted by Gasteiger charge is -2.19. The van der Waals surface area contributed by atoms with Gasteiger partial charge in [-0.05, 0) is 25.5 Å². The van der Waals surface area contributed by atoms with Crippen LogP contribution in [0.4, 0.5) is 8.78 Å². The zero-order valence-corrected chi connectivity index (χ0v) is 12.2. The van der Waals surface area contributed by atoms with Crippen molar-refractivity contribution in [2.45, 2.75) is 26.9 Å². The first-order chi connectivity index (χ1) is 9.90. The highest BCUT2D eigenvalue weighted by Crippen LogP contribution is 2.16. The number of hydrogen-bond donors (Lipinski definition) is 0. The van der Waals surface area contributed by atoms with Crippen LogP contribution in [0.5, 0.6) is 0 Å². The minimum absolute atomic E-state index is 0.0312. The number of imidazole rings is 1. The Morgan fingerprint density at radius 2 is 2.10 bits per heavy atom. The number of carbonyl (C=O) groups is 1. The molecule has 0 atom stereocenters. The summed E-state index contributed by atoms with van der Waals surface area (Å²) in [7, 11) is 1.58. The molecule has 0 unspecified atom stereocenters. The van der Waals surface area contributed by atoms with Crippen molar-refractivity contribution < 1.29 is 13.6 Å². The van der Waals surface area contributed by atoms with Gasteiger partial charge in [0, 0.05) is 25.0 Å². The number of alkyl halides is 2. The topological polar surface area (TPSA) is 38.1 Å². The average Bonchev–Trinajstić information content (AvgIpc) is 2.86. The average molecular weight is 293 g/mol. The zero-order valence-electron chi connectivity index (χ0n) is 12.2. The highest BCUT2D eigenvalue weighted by atomic mass is 19.3. The maximum Gasteiger partial charge on any atom is 0.319 e. The van der Waals surface area contributed by atoms with Crippen LogP contribution >= 0.6 is 0 Å². The number of rotatable bonds is 4. The Balaban J connectivity index is 2.18. The Morgan fingerprint density at radius 1 is 1.38 bits per heavy atom. The summed E-state index contributed by atoms with van der Waals surface area (Å²) in [4.78, 5) is 17.7. The van der Waals surface area contributed by atoms with Crippen LogP contribution in [-0.2, 0) is 6.54 Å². The van der Waals surface area contributed by atoms with Gasteiger partial charge in [-0.3, -0.25) is 9.36 Å². The van der Waals surface area contributed by atoms with E-state index in [0.29, 0.717) is 5.56 Å². The summed E-state index contributed by atoms with van der Waals surface area (Å²) >= 11 is 0. The molecule has 21 heavy (non-hydrogen) atoms. The van der Waals surface area contributed by atoms with Crippen molar-refractivity contribution in [3.63, 3.8) is 0 Å². The minimum Gasteiger partial charge on any atom is -0.334 e. The van der Waals surface area contributed by atoms with Crippen LogP contribution in [0.15, 0.2) is 30.6 Å². The molecule has 0 fully saturated rings. The highest BCUT2D eigenvalue weighted by molar-refractivity contribution is 5.95. The quantitative estimate of drug-likeness (QED) is 0.868. The second-order valence-electron chi connectivity index (χ2n) is 5.01. The van der Waals surface area contributed by atoms with E-state index in [9.17, 15) is 13.6 Å². The summed E-state index contributed by atoms with van der Waals surface area (Å²) in [5, 5.41) is 0. The Morgan fingerprint density at radius 3 is 2.71 bits per heavy atom. The van der Waals surface area contributed by atoms with Crippen LogP contribution in [-0.4, -0.2) is 27.4 Å². The molecule has 6 heteroatoms. The van der Waals surface area contributed by atoms with Crippen LogP contribution in [0.1, 0.15) is 33.9 Å². The van der Waals surface area contributed by atoms with E-state index in [-0.39, 0.29) is 18.3 Å². The van der Waals surface area contributed by atoms with Crippen molar-refractivity contribution in [2.24, 2.45) is 0 Å². The third-order valence-electron chi connectivity index (χ3n) is 3.30. The smallest absolute Gasteiger partial charge is 0.319 e. The molecule has 1 aromatic heterocycles. The fourth-order valence-corrected chi connectivity index (χ4v) is 2.19. The molecule has 0 saturated carbocycles. The lowest BCUT2D eigenvalue weighted by molar-refractivity contribution is 0.0612. The van der Waals surface area contributed by atoms with E-state index in [1.165, 1.54) is 17.3 Å². The van der Waals surface area contributed by atoms with Gasteiger partial charge < -0.3 is 4.90 Å². The third kappa shape index (κ3) is 3.26. The first kappa shape index (κ1) is 15.2. The van der Waals surface area contributed by atoms with Gasteiger partial charge in [0.15, 0.2) is 0 Å². The molecule has 0 spiro atoms. The Labute approximate surface area is 122 Å². The summed E-state index contributed by atoms with van der Waals surface area (Å²) in [6, 6.07) is 5.53. The maximum absolute atomic E-state index is 12.8. The second kappa shape index (κ2) is 6.03. The zero-order chi connectivity index (χ0) is 15.6. The molecule has 0 saturated heterocycles. The number of hydrogen-bond acceptors (Lipinski definition) is 2. The number of carbonyl (C=O) groups excluding carboxylic acids is 1. The van der Waals surface area contributed by atoms with Gasteiger partial charge in [-0.2, -0.15) is 8.78 Å². The number of benzene rings is 1. The Hall–Kier alpha value is -2.24. The SMILES string of the molecule is Cc1ccc(C(=O)N(C)Cc2nccn2C(F)F)c(C)c1. The summed E-state index contributed by atoms with van der Waals surface area (Å²) < 4.78 is 26.3. The molecule has 4 nitrogen and oxygen atoms in total. The normalized spacial score (nSPS) is 11.0. The number of aromatic nitrogens is 2. The van der Waals surface area contributed by atoms with Gasteiger partial charge in [-0.1, -0.05) is 17.7 Å². The molecule has 1 amide bonds. The van der Waals surface area contributed by atoms with Gasteiger partial charge in [0.25, 0.3) is 5.91 Å². The van der Waals surface area contributed by atoms with Gasteiger partial charge >= 0.3 is 6.55 Å². The first-order valence-corrected chi connectivity index (χ1v) is 6.52. The van der Waals surface area contributed by atoms with Crippen LogP contribution < -0.4 is 0 Å². The minimum atomic E-state index is -2.66. The Bertz CT molecular complexity index is 652. The lowest BCUT2D eigenvalue weighted by Crippen LogP contribution is -2.28. The number of amides is 1. The van der Waals surface area contributed by atoms with Gasteiger partial charge in [0.1, 0.15) is 5.82 Å². The predicted octanol–water partition coefficient (Wildman–Crippen LogP) is 3.17. The lowest BCUT2D eigenvalue weighted by atomic mass is 10.0. The van der Waals surface area contributed by atoms with E-state index in [0.717, 1.165) is 15.7 Å². The van der Waals surface area contributed by atoms with Gasteiger partial charge in [0.2, 0.25) is 0 Å². The Kier molecular flexibility index (Phi) is 4.35. The fraction of sp³-hybridized carbons (Fsp3) is 0.333. The molecular formula is C15H17F2N3O. The number of nitrogens with zero attached hydrogens (tertiary/aromatic N) is 3. The van der Waals surface area contributed by atoms with E-state index >= 15 is 0 Å². The van der Waals surface area contributed by atoms with Crippen molar-refractivity contribution in [1.29, 1.82) is 0 Å². The van der Waals surface area contributed by atoms with Crippen molar-refractivity contribution in [3.05, 3.63) is 53.1 Å². The first-order valence-electron chi connectivity index (χ1n) is 6.52. The van der Waals surface area contributed by atoms with Crippen molar-refractivity contribution >= 4 is 5.91 Å². The molecule has 112 valence electrons. The molecule has 0 bridgehead atoms. The van der Waals surface area contributed by atoms with E-state index in [4.69, 9.17) is 0 Å². The van der Waals surface area contributed by atoms with Crippen molar-refractivity contribution in [2.75, 3.05) is 7.05 Å². The number of aryl methyl sites for hydroxylation is 2. The van der Waals surface area contributed by atoms with E-state index in [2.05, 4.69) is 4.98 Å². The standard InChI is InChI=1S/C15H17F2N3O/c1-10-4-5-12(11(2)8-10)14(21)19(3)9-13-18-6-7-20(13)15(16)17/h4-8,15H,9H2,1-3H3. The highest BCUT2D eigenvalue weighted by Gasteiger charge is 2.18. The fourth-order valence-electron chi connectivity index (χ4n) is 2.19. The van der Waals surface area contributed by atoms with E-state index in [1.807, 2.05) is 26.0 Å². The van der Waals surface area contributed by atoms with Crippen LogP contribution in [0, 0.1) is 13.8 Å². The second-order valence-corrected chi connectivity index (χ2v) is 5.01. The molecule has 2 rings (SSSR count). The molecule has 0 aliphatic heterocycles. The molecule has 1 heterocycles. The molecule has 0 aliphatic carbocycles. The van der Waals surface area contributed by atoms with Crippen LogP contribution in [0.25, 0.3) is 0 Å². The molecule has 2 aromatic rings. The molecule has 0 N–H and O–H groups in total. The van der Waals surface area contributed by atoms with Gasteiger partial charge in [-0.15, -0.1) is 0 Å². The van der Waals surface area contributed by atoms with Gasteiger partial charge in [-0.25, -0.2) is 4.98 Å². The van der Waals surface area contributed by atoms with Crippen molar-refractivity contribution in [1.82, 2.24) is 14.5 Å². The van der Waals surface area contributed by atoms with Crippen LogP contribution in [0.3, 0.4) is 0 Å². The predicted molar refractivity (Wildman–Crippen MR) is 75.2 cm³/mol. The number of halogens is 2. The molecule has 0 aliphatic rings.